The highest BCUT2D eigenvalue weighted by atomic mass is 32.2. The van der Waals surface area contributed by atoms with Crippen LogP contribution in [0.15, 0.2) is 36.4 Å². The van der Waals surface area contributed by atoms with Crippen LogP contribution in [0.3, 0.4) is 0 Å². The summed E-state index contributed by atoms with van der Waals surface area (Å²) < 4.78 is 26.0. The Kier molecular flexibility index (Phi) is 5.76. The Morgan fingerprint density at radius 2 is 1.54 bits per heavy atom. The van der Waals surface area contributed by atoms with Gasteiger partial charge < -0.3 is 5.32 Å². The minimum absolute atomic E-state index is 0.377. The third-order valence-corrected chi connectivity index (χ3v) is 5.57. The van der Waals surface area contributed by atoms with Crippen LogP contribution in [0.25, 0.3) is 0 Å². The molecule has 140 valence electrons. The number of nitrogens with one attached hydrogen (secondary N) is 1. The zero-order valence-electron chi connectivity index (χ0n) is 16.1. The van der Waals surface area contributed by atoms with E-state index < -0.39 is 16.1 Å². The van der Waals surface area contributed by atoms with E-state index in [0.29, 0.717) is 11.4 Å². The van der Waals surface area contributed by atoms with Gasteiger partial charge in [0.1, 0.15) is 6.04 Å². The minimum Gasteiger partial charge on any atom is -0.324 e. The molecule has 0 radical (unpaired) electrons. The predicted octanol–water partition coefficient (Wildman–Crippen LogP) is 3.71. The molecule has 2 aromatic carbocycles. The number of amides is 1. The topological polar surface area (TPSA) is 66.5 Å². The van der Waals surface area contributed by atoms with Gasteiger partial charge in [0, 0.05) is 5.69 Å². The second kappa shape index (κ2) is 7.50. The Labute approximate surface area is 156 Å². The molecule has 0 saturated carbocycles. The normalized spacial score (nSPS) is 12.5. The summed E-state index contributed by atoms with van der Waals surface area (Å²) in [5, 5.41) is 2.82. The van der Waals surface area contributed by atoms with Crippen LogP contribution >= 0.6 is 0 Å². The number of carbonyl (C=O) groups excluding carboxylic acids is 1. The summed E-state index contributed by atoms with van der Waals surface area (Å²) in [5.41, 5.74) is 5.21. The molecule has 0 aliphatic carbocycles. The van der Waals surface area contributed by atoms with Gasteiger partial charge in [-0.1, -0.05) is 12.1 Å². The number of rotatable bonds is 5. The molecular formula is C20H26N2O3S. The number of benzene rings is 2. The summed E-state index contributed by atoms with van der Waals surface area (Å²) in [5.74, 6) is -0.377. The number of sulfonamides is 1. The number of hydrogen-bond donors (Lipinski definition) is 1. The molecule has 26 heavy (non-hydrogen) atoms. The van der Waals surface area contributed by atoms with Gasteiger partial charge in [0.2, 0.25) is 15.9 Å². The SMILES string of the molecule is Cc1cc(C)cc(N([C@H](C)C(=O)Nc2ccc(C)c(C)c2)S(C)(=O)=O)c1. The molecule has 1 N–H and O–H groups in total. The maximum Gasteiger partial charge on any atom is 0.247 e. The fraction of sp³-hybridized carbons (Fsp3) is 0.350. The van der Waals surface area contributed by atoms with Crippen LogP contribution < -0.4 is 9.62 Å². The summed E-state index contributed by atoms with van der Waals surface area (Å²) in [4.78, 5) is 12.7. The molecule has 0 fully saturated rings. The van der Waals surface area contributed by atoms with Crippen LogP contribution in [0.2, 0.25) is 0 Å². The Morgan fingerprint density at radius 1 is 0.962 bits per heavy atom. The van der Waals surface area contributed by atoms with E-state index in [1.807, 2.05) is 52.0 Å². The molecule has 0 unspecified atom stereocenters. The second-order valence-electron chi connectivity index (χ2n) is 6.87. The summed E-state index contributed by atoms with van der Waals surface area (Å²) in [6, 6.07) is 10.2. The fourth-order valence-corrected chi connectivity index (χ4v) is 4.11. The van der Waals surface area contributed by atoms with Crippen molar-refractivity contribution in [1.29, 1.82) is 0 Å². The lowest BCUT2D eigenvalue weighted by atomic mass is 10.1. The standard InChI is InChI=1S/C20H26N2O3S/c1-13-9-14(2)11-19(10-13)22(26(6,24)25)17(5)20(23)21-18-8-7-15(3)16(4)12-18/h7-12,17H,1-6H3,(H,21,23)/t17-/m1/s1. The molecule has 0 aliphatic heterocycles. The van der Waals surface area contributed by atoms with Crippen LogP contribution in [0.4, 0.5) is 11.4 Å². The van der Waals surface area contributed by atoms with Gasteiger partial charge in [-0.25, -0.2) is 8.42 Å². The third-order valence-electron chi connectivity index (χ3n) is 4.32. The molecule has 1 atom stereocenters. The van der Waals surface area contributed by atoms with Crippen molar-refractivity contribution in [3.8, 4) is 0 Å². The first kappa shape index (κ1) is 20.0. The molecule has 6 heteroatoms. The molecule has 5 nitrogen and oxygen atoms in total. The first-order valence-electron chi connectivity index (χ1n) is 8.45. The van der Waals surface area contributed by atoms with E-state index in [-0.39, 0.29) is 5.91 Å². The van der Waals surface area contributed by atoms with Crippen molar-refractivity contribution in [2.75, 3.05) is 15.9 Å². The maximum atomic E-state index is 12.7. The van der Waals surface area contributed by atoms with Gasteiger partial charge in [0.05, 0.1) is 11.9 Å². The van der Waals surface area contributed by atoms with E-state index in [4.69, 9.17) is 0 Å². The highest BCUT2D eigenvalue weighted by Gasteiger charge is 2.29. The van der Waals surface area contributed by atoms with Crippen molar-refractivity contribution < 1.29 is 13.2 Å². The Balaban J connectivity index is 2.35. The average molecular weight is 375 g/mol. The lowest BCUT2D eigenvalue weighted by Crippen LogP contribution is -2.45. The van der Waals surface area contributed by atoms with Crippen LogP contribution in [0.5, 0.6) is 0 Å². The molecule has 2 aromatic rings. The lowest BCUT2D eigenvalue weighted by Gasteiger charge is -2.29. The summed E-state index contributed by atoms with van der Waals surface area (Å²) in [6.45, 7) is 9.35. The molecule has 0 aromatic heterocycles. The van der Waals surface area contributed by atoms with E-state index >= 15 is 0 Å². The number of aryl methyl sites for hydroxylation is 4. The van der Waals surface area contributed by atoms with Crippen LogP contribution in [-0.2, 0) is 14.8 Å². The molecular weight excluding hydrogens is 348 g/mol. The number of hydrogen-bond acceptors (Lipinski definition) is 3. The van der Waals surface area contributed by atoms with Gasteiger partial charge in [-0.05, 0) is 81.1 Å². The summed E-state index contributed by atoms with van der Waals surface area (Å²) in [7, 11) is -3.63. The van der Waals surface area contributed by atoms with E-state index in [1.165, 1.54) is 4.31 Å². The predicted molar refractivity (Wildman–Crippen MR) is 107 cm³/mol. The summed E-state index contributed by atoms with van der Waals surface area (Å²) >= 11 is 0. The van der Waals surface area contributed by atoms with Crippen LogP contribution in [0.1, 0.15) is 29.2 Å². The molecule has 0 heterocycles. The number of anilines is 2. The maximum absolute atomic E-state index is 12.7. The average Bonchev–Trinajstić information content (AvgIpc) is 2.48. The zero-order valence-corrected chi connectivity index (χ0v) is 16.9. The van der Waals surface area contributed by atoms with E-state index in [2.05, 4.69) is 5.32 Å². The van der Waals surface area contributed by atoms with Gasteiger partial charge in [-0.15, -0.1) is 0 Å². The van der Waals surface area contributed by atoms with E-state index in [1.54, 1.807) is 19.1 Å². The quantitative estimate of drug-likeness (QED) is 0.867. The Hall–Kier alpha value is -2.34. The third kappa shape index (κ3) is 4.64. The summed E-state index contributed by atoms with van der Waals surface area (Å²) in [6.07, 6.45) is 1.12. The van der Waals surface area contributed by atoms with Crippen molar-refractivity contribution in [1.82, 2.24) is 0 Å². The van der Waals surface area contributed by atoms with Crippen molar-refractivity contribution in [3.05, 3.63) is 58.7 Å². The van der Waals surface area contributed by atoms with Crippen LogP contribution in [0, 0.1) is 27.7 Å². The van der Waals surface area contributed by atoms with Crippen molar-refractivity contribution >= 4 is 27.3 Å². The smallest absolute Gasteiger partial charge is 0.247 e. The molecule has 0 bridgehead atoms. The number of nitrogens with zero attached hydrogens (tertiary/aromatic N) is 1. The van der Waals surface area contributed by atoms with Gasteiger partial charge >= 0.3 is 0 Å². The number of carbonyl (C=O) groups is 1. The minimum atomic E-state index is -3.63. The van der Waals surface area contributed by atoms with Gasteiger partial charge in [0.15, 0.2) is 0 Å². The van der Waals surface area contributed by atoms with Crippen molar-refractivity contribution in [3.63, 3.8) is 0 Å². The first-order valence-corrected chi connectivity index (χ1v) is 10.3. The second-order valence-corrected chi connectivity index (χ2v) is 8.73. The molecule has 0 aliphatic rings. The van der Waals surface area contributed by atoms with Crippen molar-refractivity contribution in [2.45, 2.75) is 40.7 Å². The fourth-order valence-electron chi connectivity index (χ4n) is 2.95. The molecule has 0 spiro atoms. The Bertz CT molecular complexity index is 916. The van der Waals surface area contributed by atoms with E-state index in [9.17, 15) is 13.2 Å². The van der Waals surface area contributed by atoms with Gasteiger partial charge in [-0.3, -0.25) is 9.10 Å². The first-order chi connectivity index (χ1) is 12.0. The van der Waals surface area contributed by atoms with Crippen molar-refractivity contribution in [2.24, 2.45) is 0 Å². The Morgan fingerprint density at radius 3 is 2.04 bits per heavy atom. The van der Waals surface area contributed by atoms with Gasteiger partial charge in [0.25, 0.3) is 0 Å². The monoisotopic (exact) mass is 374 g/mol. The lowest BCUT2D eigenvalue weighted by molar-refractivity contribution is -0.116. The van der Waals surface area contributed by atoms with Crippen LogP contribution in [-0.4, -0.2) is 26.6 Å². The molecule has 0 saturated heterocycles. The molecule has 1 amide bonds. The largest absolute Gasteiger partial charge is 0.324 e. The molecule has 2 rings (SSSR count). The zero-order chi connectivity index (χ0) is 19.6. The highest BCUT2D eigenvalue weighted by Crippen LogP contribution is 2.24. The van der Waals surface area contributed by atoms with Gasteiger partial charge in [-0.2, -0.15) is 0 Å². The van der Waals surface area contributed by atoms with E-state index in [0.717, 1.165) is 28.5 Å². The highest BCUT2D eigenvalue weighted by molar-refractivity contribution is 7.92.